The van der Waals surface area contributed by atoms with Gasteiger partial charge in [0, 0.05) is 44.9 Å². The molecule has 0 aliphatic carbocycles. The molecule has 0 N–H and O–H groups in total. The number of likely N-dealkylation sites (tertiary alicyclic amines) is 1. The highest BCUT2D eigenvalue weighted by Gasteiger charge is 2.44. The molecule has 3 rings (SSSR count). The third-order valence-electron chi connectivity index (χ3n) is 4.95. The van der Waals surface area contributed by atoms with Crippen molar-refractivity contribution in [3.05, 3.63) is 35.0 Å². The van der Waals surface area contributed by atoms with Crippen LogP contribution in [-0.2, 0) is 23.2 Å². The number of rotatable bonds is 4. The van der Waals surface area contributed by atoms with Gasteiger partial charge >= 0.3 is 0 Å². The van der Waals surface area contributed by atoms with Gasteiger partial charge < -0.3 is 14.3 Å². The molecule has 1 fully saturated rings. The van der Waals surface area contributed by atoms with Crippen molar-refractivity contribution in [3.8, 4) is 0 Å². The Morgan fingerprint density at radius 2 is 2.12 bits per heavy atom. The van der Waals surface area contributed by atoms with Gasteiger partial charge in [-0.05, 0) is 13.8 Å². The monoisotopic (exact) mass is 345 g/mol. The minimum Gasteiger partial charge on any atom is -0.361 e. The predicted molar refractivity (Wildman–Crippen MR) is 89.3 cm³/mol. The van der Waals surface area contributed by atoms with Crippen molar-refractivity contribution < 1.29 is 14.1 Å². The van der Waals surface area contributed by atoms with Crippen LogP contribution in [0.15, 0.2) is 16.8 Å². The fraction of sp³-hybridized carbons (Fsp3) is 0.529. The average molecular weight is 345 g/mol. The van der Waals surface area contributed by atoms with Gasteiger partial charge in [-0.3, -0.25) is 14.3 Å². The lowest BCUT2D eigenvalue weighted by molar-refractivity contribution is -0.135. The van der Waals surface area contributed by atoms with Gasteiger partial charge in [0.1, 0.15) is 11.5 Å². The van der Waals surface area contributed by atoms with E-state index in [0.29, 0.717) is 18.0 Å². The Balaban J connectivity index is 1.84. The third-order valence-corrected chi connectivity index (χ3v) is 4.95. The van der Waals surface area contributed by atoms with Crippen molar-refractivity contribution in [3.63, 3.8) is 0 Å². The Bertz CT molecular complexity index is 809. The van der Waals surface area contributed by atoms with Crippen molar-refractivity contribution in [2.45, 2.75) is 32.9 Å². The molecular formula is C17H23N5O3. The number of carbonyl (C=O) groups is 2. The summed E-state index contributed by atoms with van der Waals surface area (Å²) in [5.41, 5.74) is 2.57. The van der Waals surface area contributed by atoms with E-state index in [1.807, 2.05) is 20.9 Å². The van der Waals surface area contributed by atoms with E-state index in [4.69, 9.17) is 4.52 Å². The molecule has 2 aromatic heterocycles. The first kappa shape index (κ1) is 17.2. The summed E-state index contributed by atoms with van der Waals surface area (Å²) < 4.78 is 6.81. The summed E-state index contributed by atoms with van der Waals surface area (Å²) in [6.07, 6.45) is 1.95. The van der Waals surface area contributed by atoms with E-state index in [9.17, 15) is 9.59 Å². The molecule has 0 saturated carbocycles. The van der Waals surface area contributed by atoms with E-state index >= 15 is 0 Å². The Morgan fingerprint density at radius 1 is 1.40 bits per heavy atom. The average Bonchev–Trinajstić information content (AvgIpc) is 3.20. The minimum atomic E-state index is -0.432. The molecule has 8 nitrogen and oxygen atoms in total. The quantitative estimate of drug-likeness (QED) is 0.831. The first-order valence-corrected chi connectivity index (χ1v) is 8.21. The fourth-order valence-electron chi connectivity index (χ4n) is 3.42. The minimum absolute atomic E-state index is 0.0303. The Morgan fingerprint density at radius 3 is 2.68 bits per heavy atom. The molecule has 0 aromatic carbocycles. The van der Waals surface area contributed by atoms with Gasteiger partial charge in [-0.15, -0.1) is 0 Å². The largest absolute Gasteiger partial charge is 0.361 e. The van der Waals surface area contributed by atoms with E-state index in [0.717, 1.165) is 11.3 Å². The molecule has 134 valence electrons. The molecule has 0 bridgehead atoms. The summed E-state index contributed by atoms with van der Waals surface area (Å²) in [6.45, 7) is 4.11. The second-order valence-corrected chi connectivity index (χ2v) is 6.69. The van der Waals surface area contributed by atoms with Gasteiger partial charge in [-0.1, -0.05) is 5.16 Å². The molecule has 3 heterocycles. The molecule has 0 radical (unpaired) electrons. The zero-order valence-corrected chi connectivity index (χ0v) is 15.2. The highest BCUT2D eigenvalue weighted by atomic mass is 16.5. The van der Waals surface area contributed by atoms with Crippen LogP contribution in [0.2, 0.25) is 0 Å². The first-order chi connectivity index (χ1) is 11.8. The van der Waals surface area contributed by atoms with Crippen LogP contribution in [0.3, 0.4) is 0 Å². The van der Waals surface area contributed by atoms with E-state index < -0.39 is 5.92 Å². The second kappa shape index (κ2) is 6.34. The van der Waals surface area contributed by atoms with Gasteiger partial charge in [0.15, 0.2) is 0 Å². The summed E-state index contributed by atoms with van der Waals surface area (Å²) >= 11 is 0. The van der Waals surface area contributed by atoms with Gasteiger partial charge in [0.2, 0.25) is 11.8 Å². The molecule has 0 spiro atoms. The van der Waals surface area contributed by atoms with Crippen molar-refractivity contribution >= 4 is 11.8 Å². The smallest absolute Gasteiger partial charge is 0.228 e. The molecule has 2 atom stereocenters. The fourth-order valence-corrected chi connectivity index (χ4v) is 3.42. The highest BCUT2D eigenvalue weighted by Crippen LogP contribution is 2.39. The number of aromatic nitrogens is 3. The summed E-state index contributed by atoms with van der Waals surface area (Å²) in [5, 5.41) is 8.19. The summed E-state index contributed by atoms with van der Waals surface area (Å²) in [4.78, 5) is 28.5. The summed E-state index contributed by atoms with van der Waals surface area (Å²) in [5.74, 6) is 0.165. The zero-order valence-electron chi connectivity index (χ0n) is 15.2. The molecule has 1 saturated heterocycles. The number of hydrogen-bond acceptors (Lipinski definition) is 5. The van der Waals surface area contributed by atoms with Crippen LogP contribution >= 0.6 is 0 Å². The van der Waals surface area contributed by atoms with Gasteiger partial charge in [0.25, 0.3) is 0 Å². The zero-order chi connectivity index (χ0) is 18.3. The molecule has 0 unspecified atom stereocenters. The van der Waals surface area contributed by atoms with E-state index in [-0.39, 0.29) is 24.3 Å². The summed E-state index contributed by atoms with van der Waals surface area (Å²) in [6, 6.07) is 1.51. The lowest BCUT2D eigenvalue weighted by atomic mass is 9.92. The normalized spacial score (nSPS) is 20.4. The lowest BCUT2D eigenvalue weighted by Crippen LogP contribution is -2.36. The van der Waals surface area contributed by atoms with Crippen LogP contribution in [0, 0.1) is 19.8 Å². The maximum Gasteiger partial charge on any atom is 0.228 e. The van der Waals surface area contributed by atoms with Crippen LogP contribution < -0.4 is 0 Å². The highest BCUT2D eigenvalue weighted by molar-refractivity contribution is 5.90. The molecule has 1 aliphatic rings. The SMILES string of the molecule is Cc1cc(CN(C)C(=O)[C@H]2CC(=O)N(C)[C@@H]2c2cnn(C)c2C)no1. The summed E-state index contributed by atoms with van der Waals surface area (Å²) in [7, 11) is 5.32. The van der Waals surface area contributed by atoms with E-state index in [1.54, 1.807) is 40.8 Å². The number of hydrogen-bond donors (Lipinski definition) is 0. The van der Waals surface area contributed by atoms with Crippen LogP contribution in [0.1, 0.15) is 35.2 Å². The van der Waals surface area contributed by atoms with Gasteiger partial charge in [-0.2, -0.15) is 5.10 Å². The van der Waals surface area contributed by atoms with Crippen molar-refractivity contribution in [2.75, 3.05) is 14.1 Å². The molecule has 2 amide bonds. The Hall–Kier alpha value is -2.64. The van der Waals surface area contributed by atoms with Crippen LogP contribution in [0.5, 0.6) is 0 Å². The van der Waals surface area contributed by atoms with Crippen LogP contribution in [0.4, 0.5) is 0 Å². The number of carbonyl (C=O) groups excluding carboxylic acids is 2. The predicted octanol–water partition coefficient (Wildman–Crippen LogP) is 1.20. The maximum absolute atomic E-state index is 13.0. The van der Waals surface area contributed by atoms with Gasteiger partial charge in [0.05, 0.1) is 24.7 Å². The number of amides is 2. The second-order valence-electron chi connectivity index (χ2n) is 6.69. The standard InChI is InChI=1S/C17H23N5O3/c1-10-6-12(19-25-10)9-20(3)17(24)13-7-15(23)21(4)16(13)14-8-18-22(5)11(14)2/h6,8,13,16H,7,9H2,1-5H3/t13-,16-/m0/s1. The topological polar surface area (TPSA) is 84.5 Å². The Kier molecular flexibility index (Phi) is 4.36. The van der Waals surface area contributed by atoms with Gasteiger partial charge in [-0.25, -0.2) is 0 Å². The third kappa shape index (κ3) is 3.04. The first-order valence-electron chi connectivity index (χ1n) is 8.21. The molecule has 25 heavy (non-hydrogen) atoms. The lowest BCUT2D eigenvalue weighted by Gasteiger charge is -2.27. The maximum atomic E-state index is 13.0. The molecule has 2 aromatic rings. The van der Waals surface area contributed by atoms with Crippen molar-refractivity contribution in [1.29, 1.82) is 0 Å². The molecule has 8 heteroatoms. The van der Waals surface area contributed by atoms with E-state index in [2.05, 4.69) is 10.3 Å². The molecule has 1 aliphatic heterocycles. The molecular weight excluding hydrogens is 322 g/mol. The van der Waals surface area contributed by atoms with Crippen molar-refractivity contribution in [1.82, 2.24) is 24.7 Å². The van der Waals surface area contributed by atoms with E-state index in [1.165, 1.54) is 0 Å². The Labute approximate surface area is 146 Å². The number of aryl methyl sites for hydroxylation is 2. The van der Waals surface area contributed by atoms with Crippen molar-refractivity contribution in [2.24, 2.45) is 13.0 Å². The van der Waals surface area contributed by atoms with Crippen LogP contribution in [0.25, 0.3) is 0 Å². The van der Waals surface area contributed by atoms with Crippen LogP contribution in [-0.4, -0.2) is 50.6 Å². The number of nitrogens with zero attached hydrogens (tertiary/aromatic N) is 5.